The Hall–Kier alpha value is -1.62. The summed E-state index contributed by atoms with van der Waals surface area (Å²) < 4.78 is 0. The molecule has 0 unspecified atom stereocenters. The van der Waals surface area contributed by atoms with Crippen LogP contribution in [0.3, 0.4) is 0 Å². The Morgan fingerprint density at radius 1 is 1.33 bits per heavy atom. The van der Waals surface area contributed by atoms with Crippen molar-refractivity contribution >= 4 is 5.69 Å². The van der Waals surface area contributed by atoms with Gasteiger partial charge in [0.1, 0.15) is 0 Å². The number of nitro groups is 1. The van der Waals surface area contributed by atoms with E-state index in [1.165, 1.54) is 12.1 Å². The summed E-state index contributed by atoms with van der Waals surface area (Å²) in [6, 6.07) is 4.70. The molecular weight excluding hydrogens is 198 g/mol. The third kappa shape index (κ3) is 6.45. The topological polar surface area (TPSA) is 83.3 Å². The molecule has 0 aliphatic carbocycles. The molecule has 0 saturated heterocycles. The van der Waals surface area contributed by atoms with Gasteiger partial charge in [-0.25, -0.2) is 0 Å². The van der Waals surface area contributed by atoms with Crippen LogP contribution in [0.15, 0.2) is 24.3 Å². The predicted molar refractivity (Wildman–Crippen MR) is 55.2 cm³/mol. The van der Waals surface area contributed by atoms with Crippen LogP contribution in [-0.4, -0.2) is 16.6 Å². The predicted octanol–water partition coefficient (Wildman–Crippen LogP) is 2.52. The average Bonchev–Trinajstić information content (AvgIpc) is 2.20. The number of benzene rings is 1. The Morgan fingerprint density at radius 3 is 2.13 bits per heavy atom. The second-order valence-corrected chi connectivity index (χ2v) is 2.83. The van der Waals surface area contributed by atoms with Crippen LogP contribution in [0.1, 0.15) is 19.8 Å². The molecule has 5 heteroatoms. The first-order chi connectivity index (χ1) is 7.11. The first-order valence-corrected chi connectivity index (χ1v) is 4.64. The lowest BCUT2D eigenvalue weighted by Crippen LogP contribution is -1.85. The Kier molecular flexibility index (Phi) is 6.92. The monoisotopic (exact) mass is 212 g/mol. The summed E-state index contributed by atoms with van der Waals surface area (Å²) >= 11 is 0. The fraction of sp³-hybridized carbons (Fsp3) is 0.400. The van der Waals surface area contributed by atoms with Gasteiger partial charge in [-0.1, -0.05) is 13.3 Å². The lowest BCUT2D eigenvalue weighted by molar-refractivity contribution is -0.384. The molecule has 0 aliphatic heterocycles. The molecule has 1 N–H and O–H groups in total. The van der Waals surface area contributed by atoms with Gasteiger partial charge in [-0.3, -0.25) is 15.2 Å². The van der Waals surface area contributed by atoms with Crippen molar-refractivity contribution in [2.75, 3.05) is 6.61 Å². The van der Waals surface area contributed by atoms with Gasteiger partial charge in [-0.05, 0) is 18.6 Å². The smallest absolute Gasteiger partial charge is 0.269 e. The van der Waals surface area contributed by atoms with Crippen LogP contribution in [0.5, 0.6) is 5.75 Å². The SMILES string of the molecule is CCCCO.[O]c1ccc([N+](=O)[O-])cc1. The molecule has 1 aromatic carbocycles. The summed E-state index contributed by atoms with van der Waals surface area (Å²) in [6.07, 6.45) is 2.04. The summed E-state index contributed by atoms with van der Waals surface area (Å²) in [6.45, 7) is 2.40. The fourth-order valence-corrected chi connectivity index (χ4v) is 0.726. The maximum atomic E-state index is 10.4. The zero-order valence-corrected chi connectivity index (χ0v) is 8.55. The maximum absolute atomic E-state index is 10.4. The molecule has 0 saturated carbocycles. The van der Waals surface area contributed by atoms with Gasteiger partial charge in [-0.15, -0.1) is 0 Å². The molecule has 0 aliphatic rings. The van der Waals surface area contributed by atoms with E-state index in [1.54, 1.807) is 0 Å². The normalized spacial score (nSPS) is 8.93. The van der Waals surface area contributed by atoms with Crippen LogP contribution in [0.4, 0.5) is 5.69 Å². The molecule has 0 aromatic heterocycles. The Balaban J connectivity index is 0.000000336. The first kappa shape index (κ1) is 13.4. The van der Waals surface area contributed by atoms with Gasteiger partial charge in [-0.2, -0.15) is 0 Å². The first-order valence-electron chi connectivity index (χ1n) is 4.64. The minimum Gasteiger partial charge on any atom is -0.396 e. The van der Waals surface area contributed by atoms with Crippen LogP contribution < -0.4 is 0 Å². The third-order valence-electron chi connectivity index (χ3n) is 1.56. The van der Waals surface area contributed by atoms with E-state index in [-0.39, 0.29) is 11.4 Å². The van der Waals surface area contributed by atoms with E-state index < -0.39 is 4.92 Å². The number of hydrogen-bond acceptors (Lipinski definition) is 3. The summed E-state index contributed by atoms with van der Waals surface area (Å²) in [4.78, 5) is 9.47. The van der Waals surface area contributed by atoms with Gasteiger partial charge in [0.05, 0.1) is 4.92 Å². The van der Waals surface area contributed by atoms with Gasteiger partial charge in [0.2, 0.25) is 0 Å². The van der Waals surface area contributed by atoms with Crippen molar-refractivity contribution in [3.05, 3.63) is 34.4 Å². The van der Waals surface area contributed by atoms with Gasteiger partial charge in [0.15, 0.2) is 5.75 Å². The summed E-state index contributed by atoms with van der Waals surface area (Å²) in [5.74, 6) is -0.217. The van der Waals surface area contributed by atoms with Crippen molar-refractivity contribution in [2.45, 2.75) is 19.8 Å². The van der Waals surface area contributed by atoms with Crippen molar-refractivity contribution in [3.8, 4) is 5.75 Å². The minimum absolute atomic E-state index is 0.0559. The van der Waals surface area contributed by atoms with Gasteiger partial charge in [0, 0.05) is 18.7 Å². The van der Waals surface area contributed by atoms with Crippen molar-refractivity contribution in [1.29, 1.82) is 0 Å². The Morgan fingerprint density at radius 2 is 1.87 bits per heavy atom. The molecule has 1 aromatic rings. The Labute approximate surface area is 88.1 Å². The molecule has 15 heavy (non-hydrogen) atoms. The van der Waals surface area contributed by atoms with Crippen molar-refractivity contribution < 1.29 is 15.1 Å². The molecule has 0 heterocycles. The average molecular weight is 212 g/mol. The van der Waals surface area contributed by atoms with E-state index in [2.05, 4.69) is 6.92 Å². The number of aliphatic hydroxyl groups excluding tert-OH is 1. The zero-order chi connectivity index (χ0) is 11.7. The lowest BCUT2D eigenvalue weighted by atomic mass is 10.3. The molecule has 0 fully saturated rings. The highest BCUT2D eigenvalue weighted by Crippen LogP contribution is 2.15. The largest absolute Gasteiger partial charge is 0.396 e. The van der Waals surface area contributed by atoms with E-state index in [1.807, 2.05) is 0 Å². The van der Waals surface area contributed by atoms with Crippen LogP contribution in [0.25, 0.3) is 0 Å². The second kappa shape index (κ2) is 7.75. The highest BCUT2D eigenvalue weighted by atomic mass is 16.6. The number of non-ortho nitro benzene ring substituents is 1. The molecule has 0 bridgehead atoms. The molecule has 0 atom stereocenters. The second-order valence-electron chi connectivity index (χ2n) is 2.83. The highest BCUT2D eigenvalue weighted by Gasteiger charge is 2.02. The Bertz CT molecular complexity index is 282. The highest BCUT2D eigenvalue weighted by molar-refractivity contribution is 5.34. The molecule has 83 valence electrons. The number of rotatable bonds is 3. The summed E-state index contributed by atoms with van der Waals surface area (Å²) in [5.41, 5.74) is -0.0559. The zero-order valence-electron chi connectivity index (χ0n) is 8.55. The number of hydrogen-bond donors (Lipinski definition) is 1. The maximum Gasteiger partial charge on any atom is 0.269 e. The van der Waals surface area contributed by atoms with E-state index in [0.29, 0.717) is 6.61 Å². The molecule has 1 rings (SSSR count). The van der Waals surface area contributed by atoms with Gasteiger partial charge >= 0.3 is 0 Å². The quantitative estimate of drug-likeness (QED) is 0.617. The third-order valence-corrected chi connectivity index (χ3v) is 1.56. The molecule has 0 spiro atoms. The van der Waals surface area contributed by atoms with Crippen LogP contribution in [0, 0.1) is 10.1 Å². The summed E-state index contributed by atoms with van der Waals surface area (Å²) in [7, 11) is 0. The number of nitrogens with zero attached hydrogens (tertiary/aromatic N) is 1. The van der Waals surface area contributed by atoms with E-state index in [9.17, 15) is 15.2 Å². The van der Waals surface area contributed by atoms with Crippen molar-refractivity contribution in [3.63, 3.8) is 0 Å². The van der Waals surface area contributed by atoms with Crippen molar-refractivity contribution in [2.24, 2.45) is 0 Å². The van der Waals surface area contributed by atoms with Crippen molar-refractivity contribution in [1.82, 2.24) is 0 Å². The fourth-order valence-electron chi connectivity index (χ4n) is 0.726. The minimum atomic E-state index is -0.542. The number of unbranched alkanes of at least 4 members (excludes halogenated alkanes) is 1. The van der Waals surface area contributed by atoms with Crippen LogP contribution in [-0.2, 0) is 5.11 Å². The number of aliphatic hydroxyl groups is 1. The van der Waals surface area contributed by atoms with E-state index in [4.69, 9.17) is 5.11 Å². The molecular formula is C10H14NO4. The summed E-state index contributed by atoms with van der Waals surface area (Å²) in [5, 5.41) is 28.5. The van der Waals surface area contributed by atoms with E-state index in [0.717, 1.165) is 25.0 Å². The lowest BCUT2D eigenvalue weighted by Gasteiger charge is -1.87. The molecule has 5 nitrogen and oxygen atoms in total. The van der Waals surface area contributed by atoms with Gasteiger partial charge in [0.25, 0.3) is 5.69 Å². The number of nitro benzene ring substituents is 1. The van der Waals surface area contributed by atoms with Gasteiger partial charge < -0.3 is 5.11 Å². The molecule has 1 radical (unpaired) electrons. The van der Waals surface area contributed by atoms with E-state index >= 15 is 0 Å². The standard InChI is InChI=1S/C6H4NO3.C4H10O/c8-6-3-1-5(2-4-6)7(9)10;1-2-3-4-5/h1-4H;5H,2-4H2,1H3. The molecule has 0 amide bonds. The van der Waals surface area contributed by atoms with Crippen LogP contribution >= 0.6 is 0 Å². The van der Waals surface area contributed by atoms with Crippen LogP contribution in [0.2, 0.25) is 0 Å².